The van der Waals surface area contributed by atoms with Crippen LogP contribution in [0.2, 0.25) is 5.02 Å². The van der Waals surface area contributed by atoms with Gasteiger partial charge in [-0.25, -0.2) is 0 Å². The molecule has 0 spiro atoms. The summed E-state index contributed by atoms with van der Waals surface area (Å²) in [5.41, 5.74) is 0.371. The zero-order chi connectivity index (χ0) is 14.7. The second kappa shape index (κ2) is 5.71. The summed E-state index contributed by atoms with van der Waals surface area (Å²) in [5.74, 6) is 0.460. The third-order valence-electron chi connectivity index (χ3n) is 2.59. The number of ether oxygens (including phenoxy) is 1. The highest BCUT2D eigenvalue weighted by Crippen LogP contribution is 2.32. The molecule has 5 nitrogen and oxygen atoms in total. The minimum atomic E-state index is -0.533. The van der Waals surface area contributed by atoms with Crippen molar-refractivity contribution in [3.8, 4) is 11.5 Å². The third-order valence-corrected chi connectivity index (χ3v) is 2.91. The monoisotopic (exact) mass is 291 g/mol. The first-order valence-corrected chi connectivity index (χ1v) is 6.08. The molecule has 0 fully saturated rings. The van der Waals surface area contributed by atoms with Gasteiger partial charge >= 0.3 is 0 Å². The summed E-state index contributed by atoms with van der Waals surface area (Å²) >= 11 is 5.94. The Kier molecular flexibility index (Phi) is 4.00. The Labute approximate surface area is 119 Å². The first-order valence-electron chi connectivity index (χ1n) is 5.70. The molecular weight excluding hydrogens is 282 g/mol. The highest BCUT2D eigenvalue weighted by Gasteiger charge is 2.12. The van der Waals surface area contributed by atoms with Crippen molar-refractivity contribution in [1.29, 1.82) is 0 Å². The number of nitro groups is 1. The average Bonchev–Trinajstić information content (AvgIpc) is 2.41. The predicted molar refractivity (Wildman–Crippen MR) is 74.6 cm³/mol. The number of carbonyl (C=O) groups excluding carboxylic acids is 1. The number of hydrogen-bond acceptors (Lipinski definition) is 4. The average molecular weight is 292 g/mol. The highest BCUT2D eigenvalue weighted by molar-refractivity contribution is 6.32. The van der Waals surface area contributed by atoms with Crippen molar-refractivity contribution in [1.82, 2.24) is 0 Å². The summed E-state index contributed by atoms with van der Waals surface area (Å²) in [6.07, 6.45) is 0. The van der Waals surface area contributed by atoms with Crippen molar-refractivity contribution >= 4 is 23.1 Å². The zero-order valence-corrected chi connectivity index (χ0v) is 11.3. The predicted octanol–water partition coefficient (Wildman–Crippen LogP) is 4.24. The van der Waals surface area contributed by atoms with E-state index in [-0.39, 0.29) is 22.2 Å². The molecule has 0 saturated heterocycles. The minimum absolute atomic E-state index is 0.0967. The second-order valence-electron chi connectivity index (χ2n) is 4.06. The van der Waals surface area contributed by atoms with Crippen LogP contribution >= 0.6 is 11.6 Å². The molecule has 2 rings (SSSR count). The Morgan fingerprint density at radius 2 is 2.00 bits per heavy atom. The van der Waals surface area contributed by atoms with Gasteiger partial charge in [0.2, 0.25) is 0 Å². The van der Waals surface area contributed by atoms with E-state index >= 15 is 0 Å². The summed E-state index contributed by atoms with van der Waals surface area (Å²) in [5, 5.41) is 11.0. The van der Waals surface area contributed by atoms with Gasteiger partial charge in [0.15, 0.2) is 11.5 Å². The fraction of sp³-hybridized carbons (Fsp3) is 0.0714. The van der Waals surface area contributed by atoms with E-state index in [1.807, 2.05) is 0 Å². The number of ketones is 1. The van der Waals surface area contributed by atoms with Crippen molar-refractivity contribution < 1.29 is 14.5 Å². The van der Waals surface area contributed by atoms with Crippen LogP contribution in [0.4, 0.5) is 5.69 Å². The molecular formula is C14H10ClNO4. The van der Waals surface area contributed by atoms with Crippen molar-refractivity contribution in [3.05, 3.63) is 63.2 Å². The molecule has 0 radical (unpaired) electrons. The fourth-order valence-electron chi connectivity index (χ4n) is 1.59. The third kappa shape index (κ3) is 3.13. The lowest BCUT2D eigenvalue weighted by molar-refractivity contribution is -0.384. The van der Waals surface area contributed by atoms with E-state index in [2.05, 4.69) is 0 Å². The number of halogens is 1. The number of benzene rings is 2. The molecule has 0 aliphatic carbocycles. The van der Waals surface area contributed by atoms with Gasteiger partial charge in [-0.15, -0.1) is 0 Å². The quantitative estimate of drug-likeness (QED) is 0.480. The van der Waals surface area contributed by atoms with Gasteiger partial charge in [0, 0.05) is 11.6 Å². The van der Waals surface area contributed by atoms with Crippen molar-refractivity contribution in [2.75, 3.05) is 0 Å². The van der Waals surface area contributed by atoms with Gasteiger partial charge in [0.05, 0.1) is 16.0 Å². The molecule has 0 aliphatic heterocycles. The van der Waals surface area contributed by atoms with Crippen molar-refractivity contribution in [3.63, 3.8) is 0 Å². The van der Waals surface area contributed by atoms with Crippen LogP contribution < -0.4 is 4.74 Å². The smallest absolute Gasteiger partial charge is 0.273 e. The summed E-state index contributed by atoms with van der Waals surface area (Å²) in [4.78, 5) is 21.5. The van der Waals surface area contributed by atoms with Gasteiger partial charge < -0.3 is 4.74 Å². The van der Waals surface area contributed by atoms with E-state index in [1.54, 1.807) is 24.3 Å². The molecule has 0 amide bonds. The zero-order valence-electron chi connectivity index (χ0n) is 10.5. The lowest BCUT2D eigenvalue weighted by Crippen LogP contribution is -1.94. The molecule has 0 aliphatic rings. The van der Waals surface area contributed by atoms with Crippen LogP contribution in [0.15, 0.2) is 42.5 Å². The maximum Gasteiger partial charge on any atom is 0.273 e. The van der Waals surface area contributed by atoms with Crippen LogP contribution in [0.5, 0.6) is 11.5 Å². The van der Waals surface area contributed by atoms with E-state index in [0.717, 1.165) is 0 Å². The van der Waals surface area contributed by atoms with E-state index in [4.69, 9.17) is 16.3 Å². The number of carbonyl (C=O) groups is 1. The molecule has 0 unspecified atom stereocenters. The topological polar surface area (TPSA) is 69.4 Å². The van der Waals surface area contributed by atoms with Gasteiger partial charge in [-0.3, -0.25) is 14.9 Å². The minimum Gasteiger partial charge on any atom is -0.456 e. The summed E-state index contributed by atoms with van der Waals surface area (Å²) in [6, 6.07) is 10.4. The van der Waals surface area contributed by atoms with Gasteiger partial charge in [-0.1, -0.05) is 23.7 Å². The number of nitro benzene ring substituents is 1. The maximum atomic E-state index is 11.3. The molecule has 2 aromatic rings. The second-order valence-corrected chi connectivity index (χ2v) is 4.47. The number of hydrogen-bond donors (Lipinski definition) is 0. The Balaban J connectivity index is 2.34. The Morgan fingerprint density at radius 1 is 1.25 bits per heavy atom. The Morgan fingerprint density at radius 3 is 2.65 bits per heavy atom. The Bertz CT molecular complexity index is 685. The number of rotatable bonds is 4. The SMILES string of the molecule is CC(=O)c1cccc(Oc2cc([N+](=O)[O-])ccc2Cl)c1. The fourth-order valence-corrected chi connectivity index (χ4v) is 1.75. The van der Waals surface area contributed by atoms with Crippen LogP contribution in [-0.2, 0) is 0 Å². The maximum absolute atomic E-state index is 11.3. The van der Waals surface area contributed by atoms with Crippen molar-refractivity contribution in [2.45, 2.75) is 6.92 Å². The standard InChI is InChI=1S/C14H10ClNO4/c1-9(17)10-3-2-4-12(7-10)20-14-8-11(16(18)19)5-6-13(14)15/h2-8H,1H3. The van der Waals surface area contributed by atoms with Crippen LogP contribution in [0.3, 0.4) is 0 Å². The number of Topliss-reactive ketones (excluding diaryl/α,β-unsaturated/α-hetero) is 1. The normalized spacial score (nSPS) is 10.1. The van der Waals surface area contributed by atoms with Gasteiger partial charge in [0.1, 0.15) is 5.75 Å². The molecule has 0 atom stereocenters. The van der Waals surface area contributed by atoms with E-state index in [9.17, 15) is 14.9 Å². The van der Waals surface area contributed by atoms with E-state index < -0.39 is 4.92 Å². The van der Waals surface area contributed by atoms with Gasteiger partial charge in [0.25, 0.3) is 5.69 Å². The number of nitrogens with zero attached hydrogens (tertiary/aromatic N) is 1. The summed E-state index contributed by atoms with van der Waals surface area (Å²) in [6.45, 7) is 1.44. The molecule has 102 valence electrons. The van der Waals surface area contributed by atoms with E-state index in [0.29, 0.717) is 11.3 Å². The lowest BCUT2D eigenvalue weighted by atomic mass is 10.1. The van der Waals surface area contributed by atoms with Gasteiger partial charge in [-0.05, 0) is 25.1 Å². The lowest BCUT2D eigenvalue weighted by Gasteiger charge is -2.08. The van der Waals surface area contributed by atoms with Gasteiger partial charge in [-0.2, -0.15) is 0 Å². The van der Waals surface area contributed by atoms with Crippen LogP contribution in [0.1, 0.15) is 17.3 Å². The first-order chi connectivity index (χ1) is 9.47. The van der Waals surface area contributed by atoms with E-state index in [1.165, 1.54) is 25.1 Å². The summed E-state index contributed by atoms with van der Waals surface area (Å²) in [7, 11) is 0. The molecule has 20 heavy (non-hydrogen) atoms. The molecule has 0 aromatic heterocycles. The molecule has 6 heteroatoms. The largest absolute Gasteiger partial charge is 0.456 e. The van der Waals surface area contributed by atoms with Crippen LogP contribution in [0, 0.1) is 10.1 Å². The molecule has 0 heterocycles. The summed E-state index contributed by atoms with van der Waals surface area (Å²) < 4.78 is 5.50. The highest BCUT2D eigenvalue weighted by atomic mass is 35.5. The van der Waals surface area contributed by atoms with Crippen molar-refractivity contribution in [2.24, 2.45) is 0 Å². The molecule has 2 aromatic carbocycles. The Hall–Kier alpha value is -2.40. The molecule has 0 bridgehead atoms. The molecule has 0 saturated carbocycles. The van der Waals surface area contributed by atoms with Crippen LogP contribution in [-0.4, -0.2) is 10.7 Å². The molecule has 0 N–H and O–H groups in total. The number of non-ortho nitro benzene ring substituents is 1. The van der Waals surface area contributed by atoms with Crippen LogP contribution in [0.25, 0.3) is 0 Å². The first kappa shape index (κ1) is 14.0.